The molecule has 0 aromatic carbocycles. The standard InChI is InChI=1S/C10H11N5O3S/c11-15-9(17)5-13-14-10(15)19-6-8(16)12-4-7-2-1-3-18-7/h1-3,5H,4,6,11H2,(H,12,16). The average Bonchev–Trinajstić information content (AvgIpc) is 2.91. The van der Waals surface area contributed by atoms with E-state index in [1.54, 1.807) is 12.1 Å². The Morgan fingerprint density at radius 3 is 3.16 bits per heavy atom. The fraction of sp³-hybridized carbons (Fsp3) is 0.200. The van der Waals surface area contributed by atoms with Crippen molar-refractivity contribution < 1.29 is 9.21 Å². The number of carbonyl (C=O) groups is 1. The fourth-order valence-corrected chi connectivity index (χ4v) is 1.91. The maximum Gasteiger partial charge on any atom is 0.291 e. The van der Waals surface area contributed by atoms with Crippen LogP contribution in [0.4, 0.5) is 0 Å². The van der Waals surface area contributed by atoms with Crippen LogP contribution in [0.25, 0.3) is 0 Å². The molecule has 2 rings (SSSR count). The molecule has 0 saturated carbocycles. The van der Waals surface area contributed by atoms with Gasteiger partial charge in [-0.15, -0.1) is 5.10 Å². The normalized spacial score (nSPS) is 10.3. The first-order chi connectivity index (χ1) is 9.16. The summed E-state index contributed by atoms with van der Waals surface area (Å²) in [5.41, 5.74) is -0.478. The molecule has 0 saturated heterocycles. The zero-order valence-electron chi connectivity index (χ0n) is 9.78. The number of hydrogen-bond acceptors (Lipinski definition) is 7. The molecule has 0 radical (unpaired) electrons. The number of nitrogens with zero attached hydrogens (tertiary/aromatic N) is 3. The zero-order valence-corrected chi connectivity index (χ0v) is 10.6. The predicted molar refractivity (Wildman–Crippen MR) is 67.7 cm³/mol. The van der Waals surface area contributed by atoms with Gasteiger partial charge in [-0.2, -0.15) is 9.77 Å². The monoisotopic (exact) mass is 281 g/mol. The molecule has 19 heavy (non-hydrogen) atoms. The highest BCUT2D eigenvalue weighted by Gasteiger charge is 2.08. The molecular weight excluding hydrogens is 270 g/mol. The molecule has 8 nitrogen and oxygen atoms in total. The minimum Gasteiger partial charge on any atom is -0.467 e. The number of nitrogens with two attached hydrogens (primary N) is 1. The van der Waals surface area contributed by atoms with E-state index in [9.17, 15) is 9.59 Å². The van der Waals surface area contributed by atoms with Gasteiger partial charge < -0.3 is 15.6 Å². The summed E-state index contributed by atoms with van der Waals surface area (Å²) in [5, 5.41) is 9.99. The van der Waals surface area contributed by atoms with Gasteiger partial charge in [-0.1, -0.05) is 11.8 Å². The number of nitrogen functional groups attached to an aromatic ring is 1. The third-order valence-electron chi connectivity index (χ3n) is 2.13. The Labute approximate surface area is 112 Å². The van der Waals surface area contributed by atoms with E-state index in [4.69, 9.17) is 10.3 Å². The Kier molecular flexibility index (Phi) is 4.18. The van der Waals surface area contributed by atoms with Crippen molar-refractivity contribution in [3.8, 4) is 0 Å². The molecule has 0 aliphatic heterocycles. The lowest BCUT2D eigenvalue weighted by Crippen LogP contribution is -2.30. The van der Waals surface area contributed by atoms with Gasteiger partial charge in [0.1, 0.15) is 12.0 Å². The highest BCUT2D eigenvalue weighted by atomic mass is 32.2. The number of thioether (sulfide) groups is 1. The topological polar surface area (TPSA) is 116 Å². The first-order valence-corrected chi connectivity index (χ1v) is 6.27. The van der Waals surface area contributed by atoms with Gasteiger partial charge in [-0.05, 0) is 12.1 Å². The van der Waals surface area contributed by atoms with Crippen molar-refractivity contribution in [1.82, 2.24) is 20.2 Å². The van der Waals surface area contributed by atoms with E-state index in [-0.39, 0.29) is 16.8 Å². The minimum atomic E-state index is -0.478. The molecule has 100 valence electrons. The summed E-state index contributed by atoms with van der Waals surface area (Å²) in [7, 11) is 0. The Bertz CT molecular complexity index is 610. The van der Waals surface area contributed by atoms with Crippen LogP contribution in [0.3, 0.4) is 0 Å². The molecule has 3 N–H and O–H groups in total. The van der Waals surface area contributed by atoms with Crippen molar-refractivity contribution in [2.24, 2.45) is 0 Å². The smallest absolute Gasteiger partial charge is 0.291 e. The van der Waals surface area contributed by atoms with Crippen molar-refractivity contribution in [3.63, 3.8) is 0 Å². The van der Waals surface area contributed by atoms with Crippen LogP contribution >= 0.6 is 11.8 Å². The van der Waals surface area contributed by atoms with Crippen LogP contribution in [0.15, 0.2) is 39.0 Å². The average molecular weight is 281 g/mol. The second kappa shape index (κ2) is 6.05. The van der Waals surface area contributed by atoms with Gasteiger partial charge in [-0.25, -0.2) is 0 Å². The number of amides is 1. The summed E-state index contributed by atoms with van der Waals surface area (Å²) in [5.74, 6) is 5.97. The SMILES string of the molecule is Nn1c(SCC(=O)NCc2ccco2)nncc1=O. The van der Waals surface area contributed by atoms with Gasteiger partial charge in [0.2, 0.25) is 11.1 Å². The Hall–Kier alpha value is -2.29. The van der Waals surface area contributed by atoms with Gasteiger partial charge in [-0.3, -0.25) is 9.59 Å². The predicted octanol–water partition coefficient (Wildman–Crippen LogP) is -0.646. The van der Waals surface area contributed by atoms with E-state index in [2.05, 4.69) is 15.5 Å². The van der Waals surface area contributed by atoms with Crippen LogP contribution in [0, 0.1) is 0 Å². The molecule has 0 atom stereocenters. The van der Waals surface area contributed by atoms with E-state index in [1.807, 2.05) is 0 Å². The maximum absolute atomic E-state index is 11.6. The summed E-state index contributed by atoms with van der Waals surface area (Å²) in [6.07, 6.45) is 2.53. The maximum atomic E-state index is 11.6. The van der Waals surface area contributed by atoms with E-state index in [1.165, 1.54) is 6.26 Å². The summed E-state index contributed by atoms with van der Waals surface area (Å²) < 4.78 is 5.92. The van der Waals surface area contributed by atoms with Crippen LogP contribution in [0.5, 0.6) is 0 Å². The Balaban J connectivity index is 1.83. The van der Waals surface area contributed by atoms with Crippen LogP contribution < -0.4 is 16.7 Å². The summed E-state index contributed by atoms with van der Waals surface area (Å²) in [6, 6.07) is 3.50. The third-order valence-corrected chi connectivity index (χ3v) is 3.07. The molecule has 2 heterocycles. The van der Waals surface area contributed by atoms with Gasteiger partial charge in [0.15, 0.2) is 0 Å². The Morgan fingerprint density at radius 1 is 1.58 bits per heavy atom. The molecule has 2 aromatic rings. The molecule has 0 unspecified atom stereocenters. The van der Waals surface area contributed by atoms with Crippen molar-refractivity contribution in [3.05, 3.63) is 40.7 Å². The van der Waals surface area contributed by atoms with E-state index in [0.29, 0.717) is 12.3 Å². The van der Waals surface area contributed by atoms with Crippen molar-refractivity contribution in [2.75, 3.05) is 11.6 Å². The molecule has 0 aliphatic rings. The lowest BCUT2D eigenvalue weighted by molar-refractivity contribution is -0.118. The highest BCUT2D eigenvalue weighted by Crippen LogP contribution is 2.10. The van der Waals surface area contributed by atoms with Crippen molar-refractivity contribution in [2.45, 2.75) is 11.7 Å². The van der Waals surface area contributed by atoms with E-state index >= 15 is 0 Å². The molecular formula is C10H11N5O3S. The molecule has 0 bridgehead atoms. The fourth-order valence-electron chi connectivity index (χ4n) is 1.21. The summed E-state index contributed by atoms with van der Waals surface area (Å²) in [4.78, 5) is 22.7. The summed E-state index contributed by atoms with van der Waals surface area (Å²) >= 11 is 1.03. The molecule has 9 heteroatoms. The van der Waals surface area contributed by atoms with Gasteiger partial charge in [0, 0.05) is 0 Å². The van der Waals surface area contributed by atoms with Gasteiger partial charge >= 0.3 is 0 Å². The lowest BCUT2D eigenvalue weighted by atomic mass is 10.4. The quantitative estimate of drug-likeness (QED) is 0.552. The molecule has 1 amide bonds. The first kappa shape index (κ1) is 13.1. The zero-order chi connectivity index (χ0) is 13.7. The van der Waals surface area contributed by atoms with Gasteiger partial charge in [0.25, 0.3) is 5.56 Å². The lowest BCUT2D eigenvalue weighted by Gasteiger charge is -2.05. The van der Waals surface area contributed by atoms with Crippen LogP contribution in [-0.2, 0) is 11.3 Å². The van der Waals surface area contributed by atoms with Crippen LogP contribution in [-0.4, -0.2) is 26.5 Å². The number of hydrogen-bond donors (Lipinski definition) is 2. The van der Waals surface area contributed by atoms with Crippen molar-refractivity contribution >= 4 is 17.7 Å². The second-order valence-electron chi connectivity index (χ2n) is 3.48. The van der Waals surface area contributed by atoms with E-state index in [0.717, 1.165) is 22.6 Å². The molecule has 0 spiro atoms. The second-order valence-corrected chi connectivity index (χ2v) is 4.42. The third kappa shape index (κ3) is 3.58. The highest BCUT2D eigenvalue weighted by molar-refractivity contribution is 7.99. The number of furan rings is 1. The molecule has 2 aromatic heterocycles. The molecule has 0 fully saturated rings. The van der Waals surface area contributed by atoms with Crippen molar-refractivity contribution in [1.29, 1.82) is 0 Å². The largest absolute Gasteiger partial charge is 0.467 e. The van der Waals surface area contributed by atoms with Crippen LogP contribution in [0.2, 0.25) is 0 Å². The minimum absolute atomic E-state index is 0.0794. The summed E-state index contributed by atoms with van der Waals surface area (Å²) in [6.45, 7) is 0.308. The Morgan fingerprint density at radius 2 is 2.42 bits per heavy atom. The number of aromatic nitrogens is 3. The first-order valence-electron chi connectivity index (χ1n) is 5.28. The number of carbonyl (C=O) groups excluding carboxylic acids is 1. The number of rotatable bonds is 5. The van der Waals surface area contributed by atoms with Gasteiger partial charge in [0.05, 0.1) is 18.6 Å². The number of nitrogens with one attached hydrogen (secondary N) is 1. The molecule has 0 aliphatic carbocycles. The van der Waals surface area contributed by atoms with Crippen LogP contribution in [0.1, 0.15) is 5.76 Å². The van der Waals surface area contributed by atoms with E-state index < -0.39 is 5.56 Å².